The molecule has 2 heterocycles. The SMILES string of the molecule is O=C(NC1CCNCC1)c1ccc2cccnc2c1. The van der Waals surface area contributed by atoms with Crippen molar-refractivity contribution < 1.29 is 4.79 Å². The normalized spacial score (nSPS) is 16.4. The molecule has 98 valence electrons. The Balaban J connectivity index is 1.77. The molecule has 2 N–H and O–H groups in total. The zero-order valence-corrected chi connectivity index (χ0v) is 10.7. The first-order valence-corrected chi connectivity index (χ1v) is 6.69. The molecule has 1 amide bonds. The predicted molar refractivity (Wildman–Crippen MR) is 75.1 cm³/mol. The fraction of sp³-hybridized carbons (Fsp3) is 0.333. The molecule has 1 saturated heterocycles. The molecule has 1 aromatic heterocycles. The number of amides is 1. The molecule has 0 saturated carbocycles. The Labute approximate surface area is 112 Å². The Kier molecular flexibility index (Phi) is 3.42. The van der Waals surface area contributed by atoms with Crippen LogP contribution in [0, 0.1) is 0 Å². The first-order chi connectivity index (χ1) is 9.33. The van der Waals surface area contributed by atoms with E-state index in [1.165, 1.54) is 0 Å². The van der Waals surface area contributed by atoms with Crippen LogP contribution in [0.15, 0.2) is 36.5 Å². The molecule has 0 unspecified atom stereocenters. The van der Waals surface area contributed by atoms with Crippen LogP contribution in [-0.4, -0.2) is 30.0 Å². The minimum atomic E-state index is -0.000506. The predicted octanol–water partition coefficient (Wildman–Crippen LogP) is 1.72. The van der Waals surface area contributed by atoms with Crippen molar-refractivity contribution in [2.45, 2.75) is 18.9 Å². The van der Waals surface area contributed by atoms with Gasteiger partial charge < -0.3 is 10.6 Å². The van der Waals surface area contributed by atoms with Gasteiger partial charge in [0.1, 0.15) is 0 Å². The van der Waals surface area contributed by atoms with Crippen LogP contribution < -0.4 is 10.6 Å². The smallest absolute Gasteiger partial charge is 0.251 e. The molecule has 4 nitrogen and oxygen atoms in total. The van der Waals surface area contributed by atoms with Crippen molar-refractivity contribution in [3.05, 3.63) is 42.1 Å². The highest BCUT2D eigenvalue weighted by Crippen LogP contribution is 2.13. The van der Waals surface area contributed by atoms with Crippen LogP contribution >= 0.6 is 0 Å². The van der Waals surface area contributed by atoms with Crippen molar-refractivity contribution >= 4 is 16.8 Å². The van der Waals surface area contributed by atoms with Crippen molar-refractivity contribution in [1.29, 1.82) is 0 Å². The van der Waals surface area contributed by atoms with Crippen molar-refractivity contribution in [3.63, 3.8) is 0 Å². The summed E-state index contributed by atoms with van der Waals surface area (Å²) in [6, 6.07) is 9.84. The molecule has 0 radical (unpaired) electrons. The van der Waals surface area contributed by atoms with E-state index in [1.807, 2.05) is 30.3 Å². The summed E-state index contributed by atoms with van der Waals surface area (Å²) in [7, 11) is 0. The number of carbonyl (C=O) groups is 1. The Hall–Kier alpha value is -1.94. The van der Waals surface area contributed by atoms with E-state index in [2.05, 4.69) is 15.6 Å². The Morgan fingerprint density at radius 3 is 2.95 bits per heavy atom. The third-order valence-corrected chi connectivity index (χ3v) is 3.54. The monoisotopic (exact) mass is 255 g/mol. The van der Waals surface area contributed by atoms with Crippen molar-refractivity contribution in [2.75, 3.05) is 13.1 Å². The second kappa shape index (κ2) is 5.36. The van der Waals surface area contributed by atoms with E-state index in [0.717, 1.165) is 36.8 Å². The number of fused-ring (bicyclic) bond motifs is 1. The van der Waals surface area contributed by atoms with Gasteiger partial charge in [-0.2, -0.15) is 0 Å². The lowest BCUT2D eigenvalue weighted by Gasteiger charge is -2.23. The van der Waals surface area contributed by atoms with Crippen molar-refractivity contribution in [3.8, 4) is 0 Å². The maximum Gasteiger partial charge on any atom is 0.251 e. The number of nitrogens with one attached hydrogen (secondary N) is 2. The van der Waals surface area contributed by atoms with E-state index in [9.17, 15) is 4.79 Å². The standard InChI is InChI=1S/C15H17N3O/c19-15(18-13-5-8-16-9-6-13)12-4-3-11-2-1-7-17-14(11)10-12/h1-4,7,10,13,16H,5-6,8-9H2,(H,18,19). The summed E-state index contributed by atoms with van der Waals surface area (Å²) in [5.74, 6) is -0.000506. The molecule has 2 aromatic rings. The minimum Gasteiger partial charge on any atom is -0.349 e. The van der Waals surface area contributed by atoms with Gasteiger partial charge in [0.05, 0.1) is 5.52 Å². The first kappa shape index (κ1) is 12.1. The second-order valence-corrected chi connectivity index (χ2v) is 4.91. The van der Waals surface area contributed by atoms with Gasteiger partial charge in [0.15, 0.2) is 0 Å². The molecular formula is C15H17N3O. The van der Waals surface area contributed by atoms with Gasteiger partial charge in [-0.1, -0.05) is 12.1 Å². The van der Waals surface area contributed by atoms with Gasteiger partial charge in [-0.15, -0.1) is 0 Å². The van der Waals surface area contributed by atoms with Gasteiger partial charge in [0, 0.05) is 23.2 Å². The van der Waals surface area contributed by atoms with Crippen LogP contribution in [0.4, 0.5) is 0 Å². The summed E-state index contributed by atoms with van der Waals surface area (Å²) in [6.07, 6.45) is 3.74. The number of carbonyl (C=O) groups excluding carboxylic acids is 1. The highest BCUT2D eigenvalue weighted by Gasteiger charge is 2.16. The van der Waals surface area contributed by atoms with E-state index < -0.39 is 0 Å². The average Bonchev–Trinajstić information content (AvgIpc) is 2.48. The number of hydrogen-bond acceptors (Lipinski definition) is 3. The summed E-state index contributed by atoms with van der Waals surface area (Å²) in [6.45, 7) is 1.95. The highest BCUT2D eigenvalue weighted by atomic mass is 16.1. The summed E-state index contributed by atoms with van der Waals surface area (Å²) in [4.78, 5) is 16.5. The zero-order valence-electron chi connectivity index (χ0n) is 10.7. The van der Waals surface area contributed by atoms with Crippen molar-refractivity contribution in [2.24, 2.45) is 0 Å². The van der Waals surface area contributed by atoms with E-state index in [-0.39, 0.29) is 11.9 Å². The lowest BCUT2D eigenvalue weighted by Crippen LogP contribution is -2.42. The summed E-state index contributed by atoms with van der Waals surface area (Å²) >= 11 is 0. The number of rotatable bonds is 2. The van der Waals surface area contributed by atoms with Gasteiger partial charge in [-0.05, 0) is 44.1 Å². The molecule has 1 aliphatic heterocycles. The molecule has 0 bridgehead atoms. The zero-order chi connectivity index (χ0) is 13.1. The third-order valence-electron chi connectivity index (χ3n) is 3.54. The molecule has 0 atom stereocenters. The van der Waals surface area contributed by atoms with Crippen molar-refractivity contribution in [1.82, 2.24) is 15.6 Å². The van der Waals surface area contributed by atoms with Gasteiger partial charge in [0.25, 0.3) is 5.91 Å². The number of piperidine rings is 1. The van der Waals surface area contributed by atoms with Crippen LogP contribution in [0.5, 0.6) is 0 Å². The summed E-state index contributed by atoms with van der Waals surface area (Å²) in [5, 5.41) is 7.44. The van der Waals surface area contributed by atoms with Crippen LogP contribution in [-0.2, 0) is 0 Å². The molecule has 1 aliphatic rings. The molecular weight excluding hydrogens is 238 g/mol. The third kappa shape index (κ3) is 2.74. The average molecular weight is 255 g/mol. The number of benzene rings is 1. The molecule has 4 heteroatoms. The van der Waals surface area contributed by atoms with Crippen LogP contribution in [0.1, 0.15) is 23.2 Å². The molecule has 3 rings (SSSR count). The van der Waals surface area contributed by atoms with Gasteiger partial charge in [-0.3, -0.25) is 9.78 Å². The topological polar surface area (TPSA) is 54.0 Å². The molecule has 1 aromatic carbocycles. The maximum absolute atomic E-state index is 12.2. The van der Waals surface area contributed by atoms with Crippen LogP contribution in [0.3, 0.4) is 0 Å². The molecule has 1 fully saturated rings. The Morgan fingerprint density at radius 2 is 2.11 bits per heavy atom. The quantitative estimate of drug-likeness (QED) is 0.859. The van der Waals surface area contributed by atoms with Gasteiger partial charge >= 0.3 is 0 Å². The number of aromatic nitrogens is 1. The Bertz CT molecular complexity index is 591. The summed E-state index contributed by atoms with van der Waals surface area (Å²) in [5.41, 5.74) is 1.55. The fourth-order valence-electron chi connectivity index (χ4n) is 2.44. The molecule has 19 heavy (non-hydrogen) atoms. The lowest BCUT2D eigenvalue weighted by atomic mass is 10.1. The number of pyridine rings is 1. The number of hydrogen-bond donors (Lipinski definition) is 2. The van der Waals surface area contributed by atoms with E-state index in [4.69, 9.17) is 0 Å². The maximum atomic E-state index is 12.2. The summed E-state index contributed by atoms with van der Waals surface area (Å²) < 4.78 is 0. The highest BCUT2D eigenvalue weighted by molar-refractivity contribution is 5.97. The van der Waals surface area contributed by atoms with Gasteiger partial charge in [-0.25, -0.2) is 0 Å². The van der Waals surface area contributed by atoms with Crippen LogP contribution in [0.25, 0.3) is 10.9 Å². The van der Waals surface area contributed by atoms with E-state index >= 15 is 0 Å². The molecule has 0 aliphatic carbocycles. The van der Waals surface area contributed by atoms with Gasteiger partial charge in [0.2, 0.25) is 0 Å². The number of nitrogens with zero attached hydrogens (tertiary/aromatic N) is 1. The van der Waals surface area contributed by atoms with Crippen LogP contribution in [0.2, 0.25) is 0 Å². The first-order valence-electron chi connectivity index (χ1n) is 6.69. The minimum absolute atomic E-state index is 0.000506. The Morgan fingerprint density at radius 1 is 1.26 bits per heavy atom. The second-order valence-electron chi connectivity index (χ2n) is 4.91. The van der Waals surface area contributed by atoms with E-state index in [0.29, 0.717) is 5.56 Å². The fourth-order valence-corrected chi connectivity index (χ4v) is 2.44. The largest absolute Gasteiger partial charge is 0.349 e. The van der Waals surface area contributed by atoms with E-state index in [1.54, 1.807) is 6.20 Å². The lowest BCUT2D eigenvalue weighted by molar-refractivity contribution is 0.0929. The molecule has 0 spiro atoms.